The Bertz CT molecular complexity index is 2790. The van der Waals surface area contributed by atoms with Crippen LogP contribution in [0.15, 0.2) is 115 Å². The first-order valence-electron chi connectivity index (χ1n) is 14.4. The minimum atomic E-state index is 0.578. The summed E-state index contributed by atoms with van der Waals surface area (Å²) in [7, 11) is 0. The number of nitriles is 2. The van der Waals surface area contributed by atoms with Crippen molar-refractivity contribution in [3.8, 4) is 23.5 Å². The summed E-state index contributed by atoms with van der Waals surface area (Å²) in [5.41, 5.74) is 7.83. The molecule has 0 fully saturated rings. The average molecular weight is 590 g/mol. The molecular formula is C39H19N5S. The highest BCUT2D eigenvalue weighted by atomic mass is 32.1. The van der Waals surface area contributed by atoms with Gasteiger partial charge in [0.2, 0.25) is 0 Å². The molecule has 0 N–H and O–H groups in total. The highest BCUT2D eigenvalue weighted by molar-refractivity contribution is 7.26. The van der Waals surface area contributed by atoms with Gasteiger partial charge in [0.05, 0.1) is 51.9 Å². The fraction of sp³-hybridized carbons (Fsp3) is 0. The van der Waals surface area contributed by atoms with Gasteiger partial charge in [-0.2, -0.15) is 10.5 Å². The maximum atomic E-state index is 9.64. The van der Waals surface area contributed by atoms with Gasteiger partial charge < -0.3 is 9.13 Å². The zero-order chi connectivity index (χ0) is 30.2. The molecule has 3 heterocycles. The van der Waals surface area contributed by atoms with Gasteiger partial charge >= 0.3 is 0 Å². The van der Waals surface area contributed by atoms with Crippen molar-refractivity contribution in [2.75, 3.05) is 0 Å². The molecule has 0 saturated carbocycles. The molecule has 0 aliphatic rings. The molecule has 5 nitrogen and oxygen atoms in total. The topological polar surface area (TPSA) is 61.8 Å². The Hall–Kier alpha value is -6.39. The third kappa shape index (κ3) is 3.51. The first kappa shape index (κ1) is 25.1. The lowest BCUT2D eigenvalue weighted by molar-refractivity contribution is 1.14. The van der Waals surface area contributed by atoms with E-state index in [1.807, 2.05) is 48.5 Å². The van der Waals surface area contributed by atoms with Crippen molar-refractivity contribution in [3.05, 3.63) is 138 Å². The Morgan fingerprint density at radius 2 is 1.20 bits per heavy atom. The molecule has 0 radical (unpaired) electrons. The van der Waals surface area contributed by atoms with Crippen LogP contribution in [0.2, 0.25) is 0 Å². The molecule has 9 rings (SSSR count). The standard InChI is InChI=1S/C39H19N5S/c1-42-25-11-15-35-32(19-25)28-12-16-37-38(29-7-2-3-8-36(29)45-37)39(28)44(35)27-6-4-5-26(20-27)43-33-13-9-23(21-40)17-30(33)31-18-24(22-41)10-14-34(31)43/h2-20H. The summed E-state index contributed by atoms with van der Waals surface area (Å²) in [6, 6.07) is 43.4. The second kappa shape index (κ2) is 9.30. The van der Waals surface area contributed by atoms with Crippen molar-refractivity contribution in [1.29, 1.82) is 10.5 Å². The van der Waals surface area contributed by atoms with Gasteiger partial charge in [-0.1, -0.05) is 36.4 Å². The molecule has 0 bridgehead atoms. The second-order valence-corrected chi connectivity index (χ2v) is 12.2. The van der Waals surface area contributed by atoms with Gasteiger partial charge in [0.15, 0.2) is 5.69 Å². The van der Waals surface area contributed by atoms with Crippen molar-refractivity contribution in [2.45, 2.75) is 0 Å². The number of hydrogen-bond donors (Lipinski definition) is 0. The highest BCUT2D eigenvalue weighted by Gasteiger charge is 2.20. The van der Waals surface area contributed by atoms with Gasteiger partial charge in [-0.05, 0) is 84.2 Å². The molecule has 0 aliphatic heterocycles. The van der Waals surface area contributed by atoms with Crippen molar-refractivity contribution >= 4 is 80.8 Å². The predicted molar refractivity (Wildman–Crippen MR) is 184 cm³/mol. The van der Waals surface area contributed by atoms with E-state index in [9.17, 15) is 10.5 Å². The van der Waals surface area contributed by atoms with Crippen molar-refractivity contribution in [3.63, 3.8) is 0 Å². The zero-order valence-electron chi connectivity index (χ0n) is 23.6. The van der Waals surface area contributed by atoms with Crippen LogP contribution >= 0.6 is 11.3 Å². The number of aromatic nitrogens is 2. The Morgan fingerprint density at radius 3 is 1.91 bits per heavy atom. The quantitative estimate of drug-likeness (QED) is 0.188. The van der Waals surface area contributed by atoms with Crippen molar-refractivity contribution < 1.29 is 0 Å². The lowest BCUT2D eigenvalue weighted by Gasteiger charge is -2.13. The first-order chi connectivity index (χ1) is 22.2. The van der Waals surface area contributed by atoms with E-state index in [4.69, 9.17) is 6.57 Å². The van der Waals surface area contributed by atoms with Gasteiger partial charge in [-0.15, -0.1) is 11.3 Å². The largest absolute Gasteiger partial charge is 0.309 e. The number of nitrogens with zero attached hydrogens (tertiary/aromatic N) is 5. The molecule has 0 aliphatic carbocycles. The number of thiophene rings is 1. The minimum absolute atomic E-state index is 0.578. The number of hydrogen-bond acceptors (Lipinski definition) is 3. The van der Waals surface area contributed by atoms with E-state index >= 15 is 0 Å². The number of benzene rings is 6. The van der Waals surface area contributed by atoms with E-state index in [1.54, 1.807) is 11.3 Å². The SMILES string of the molecule is [C-]#[N+]c1ccc2c(c1)c1ccc3sc4ccccc4c3c1n2-c1cccc(-n2c3ccc(C#N)cc3c3cc(C#N)ccc32)c1. The van der Waals surface area contributed by atoms with E-state index in [-0.39, 0.29) is 0 Å². The summed E-state index contributed by atoms with van der Waals surface area (Å²) in [6.45, 7) is 7.68. The molecule has 0 spiro atoms. The number of fused-ring (bicyclic) bond motifs is 10. The van der Waals surface area contributed by atoms with Crippen LogP contribution in [-0.2, 0) is 0 Å². The molecular weight excluding hydrogens is 571 g/mol. The fourth-order valence-corrected chi connectivity index (χ4v) is 7.96. The summed E-state index contributed by atoms with van der Waals surface area (Å²) < 4.78 is 7.00. The third-order valence-electron chi connectivity index (χ3n) is 8.75. The Labute approximate surface area is 261 Å². The Morgan fingerprint density at radius 1 is 0.556 bits per heavy atom. The van der Waals surface area contributed by atoms with Crippen LogP contribution in [0.5, 0.6) is 0 Å². The first-order valence-corrected chi connectivity index (χ1v) is 15.2. The molecule has 0 unspecified atom stereocenters. The molecule has 9 aromatic rings. The smallest absolute Gasteiger partial charge is 0.188 e. The van der Waals surface area contributed by atoms with Crippen LogP contribution in [0.3, 0.4) is 0 Å². The molecule has 6 heteroatoms. The molecule has 6 aromatic carbocycles. The predicted octanol–water partition coefficient (Wildman–Crippen LogP) is 10.5. The summed E-state index contributed by atoms with van der Waals surface area (Å²) >= 11 is 1.80. The molecule has 0 amide bonds. The van der Waals surface area contributed by atoms with E-state index in [0.29, 0.717) is 16.8 Å². The van der Waals surface area contributed by atoms with E-state index in [0.717, 1.165) is 55.0 Å². The normalized spacial score (nSPS) is 11.5. The van der Waals surface area contributed by atoms with Gasteiger partial charge in [-0.3, -0.25) is 0 Å². The van der Waals surface area contributed by atoms with Crippen LogP contribution < -0.4 is 0 Å². The summed E-state index contributed by atoms with van der Waals surface area (Å²) in [5.74, 6) is 0. The fourth-order valence-electron chi connectivity index (χ4n) is 6.85. The summed E-state index contributed by atoms with van der Waals surface area (Å²) in [5, 5.41) is 25.7. The van der Waals surface area contributed by atoms with Crippen LogP contribution in [0.25, 0.3) is 80.0 Å². The van der Waals surface area contributed by atoms with Gasteiger partial charge in [0.1, 0.15) is 0 Å². The van der Waals surface area contributed by atoms with Crippen LogP contribution in [-0.4, -0.2) is 9.13 Å². The number of rotatable bonds is 2. The molecule has 206 valence electrons. The summed E-state index contributed by atoms with van der Waals surface area (Å²) in [6.07, 6.45) is 0. The van der Waals surface area contributed by atoms with E-state index in [2.05, 4.69) is 92.8 Å². The molecule has 0 saturated heterocycles. The van der Waals surface area contributed by atoms with E-state index < -0.39 is 0 Å². The third-order valence-corrected chi connectivity index (χ3v) is 9.89. The monoisotopic (exact) mass is 589 g/mol. The highest BCUT2D eigenvalue weighted by Crippen LogP contribution is 2.44. The van der Waals surface area contributed by atoms with Crippen LogP contribution in [0.1, 0.15) is 11.1 Å². The zero-order valence-corrected chi connectivity index (χ0v) is 24.4. The lowest BCUT2D eigenvalue weighted by Crippen LogP contribution is -1.99. The Kier molecular flexibility index (Phi) is 5.20. The second-order valence-electron chi connectivity index (χ2n) is 11.1. The van der Waals surface area contributed by atoms with E-state index in [1.165, 1.54) is 20.2 Å². The van der Waals surface area contributed by atoms with Crippen LogP contribution in [0.4, 0.5) is 5.69 Å². The summed E-state index contributed by atoms with van der Waals surface area (Å²) in [4.78, 5) is 3.74. The molecule has 3 aromatic heterocycles. The minimum Gasteiger partial charge on any atom is -0.309 e. The Balaban J connectivity index is 1.40. The van der Waals surface area contributed by atoms with Gasteiger partial charge in [-0.25, -0.2) is 4.85 Å². The molecule has 45 heavy (non-hydrogen) atoms. The molecule has 0 atom stereocenters. The van der Waals surface area contributed by atoms with Crippen molar-refractivity contribution in [1.82, 2.24) is 9.13 Å². The van der Waals surface area contributed by atoms with Gasteiger partial charge in [0, 0.05) is 47.7 Å². The maximum absolute atomic E-state index is 9.64. The van der Waals surface area contributed by atoms with Gasteiger partial charge in [0.25, 0.3) is 0 Å². The van der Waals surface area contributed by atoms with Crippen molar-refractivity contribution in [2.24, 2.45) is 0 Å². The average Bonchev–Trinajstić information content (AvgIpc) is 3.74. The maximum Gasteiger partial charge on any atom is 0.188 e. The van der Waals surface area contributed by atoms with Crippen LogP contribution in [0, 0.1) is 29.2 Å². The lowest BCUT2D eigenvalue weighted by atomic mass is 10.1.